The zero-order valence-electron chi connectivity index (χ0n) is 56.2. The van der Waals surface area contributed by atoms with E-state index < -0.39 is 35.8 Å². The van der Waals surface area contributed by atoms with Crippen LogP contribution in [0.2, 0.25) is 0 Å². The summed E-state index contributed by atoms with van der Waals surface area (Å²) in [5, 5.41) is 60.9. The molecule has 0 aliphatic heterocycles. The normalized spacial score (nSPS) is 10.0. The standard InChI is InChI=1S/3C18H36O2.3C7H6O2.2Al/c3*1-2-3-4-5-6-7-8-9-10-11-12-13-14-15-16-17-18(19)20;3*8-7(9)6-4-2-1-3-5-6;;/h3*2-17H2,1H3,(H,19,20);3*1-5H,(H,8,9);;/q;;;;;;2*+3/p-6. The van der Waals surface area contributed by atoms with E-state index in [1.807, 2.05) is 0 Å². The number of rotatable bonds is 51. The van der Waals surface area contributed by atoms with E-state index in [4.69, 9.17) is 0 Å². The van der Waals surface area contributed by atoms with Gasteiger partial charge >= 0.3 is 34.7 Å². The van der Waals surface area contributed by atoms with Gasteiger partial charge in [-0.05, 0) is 55.2 Å². The van der Waals surface area contributed by atoms with E-state index in [0.717, 1.165) is 38.5 Å². The molecule has 0 aromatic heterocycles. The molecule has 0 radical (unpaired) electrons. The topological polar surface area (TPSA) is 241 Å². The predicted molar refractivity (Wildman–Crippen MR) is 357 cm³/mol. The molecule has 0 fully saturated rings. The van der Waals surface area contributed by atoms with Crippen molar-refractivity contribution in [1.29, 1.82) is 0 Å². The van der Waals surface area contributed by atoms with Crippen LogP contribution in [0.4, 0.5) is 0 Å². The van der Waals surface area contributed by atoms with E-state index in [2.05, 4.69) is 20.8 Å². The van der Waals surface area contributed by atoms with Gasteiger partial charge < -0.3 is 59.4 Å². The van der Waals surface area contributed by atoms with Gasteiger partial charge in [-0.2, -0.15) is 0 Å². The van der Waals surface area contributed by atoms with Crippen molar-refractivity contribution >= 4 is 70.5 Å². The summed E-state index contributed by atoms with van der Waals surface area (Å²) in [6.07, 6.45) is 59.6. The third kappa shape index (κ3) is 81.5. The summed E-state index contributed by atoms with van der Waals surface area (Å²) in [5.41, 5.74) is 0.660. The van der Waals surface area contributed by atoms with Crippen LogP contribution in [0.25, 0.3) is 0 Å². The molecule has 0 spiro atoms. The Balaban J connectivity index is -0.000000326. The van der Waals surface area contributed by atoms with Crippen LogP contribution in [0, 0.1) is 0 Å². The second-order valence-corrected chi connectivity index (χ2v) is 23.2. The summed E-state index contributed by atoms with van der Waals surface area (Å²) in [7, 11) is 0. The first-order chi connectivity index (χ1) is 42.2. The molecule has 0 aliphatic rings. The molecule has 0 saturated heterocycles. The van der Waals surface area contributed by atoms with Crippen LogP contribution in [-0.4, -0.2) is 70.5 Å². The maximum atomic E-state index is 10.2. The van der Waals surface area contributed by atoms with Crippen molar-refractivity contribution in [2.75, 3.05) is 0 Å². The molecule has 0 atom stereocenters. The number of carbonyl (C=O) groups excluding carboxylic acids is 6. The third-order valence-electron chi connectivity index (χ3n) is 15.0. The number of benzene rings is 3. The van der Waals surface area contributed by atoms with Crippen LogP contribution in [0.15, 0.2) is 91.0 Å². The summed E-state index contributed by atoms with van der Waals surface area (Å²) in [5.74, 6) is -6.10. The van der Waals surface area contributed by atoms with Crippen molar-refractivity contribution in [3.63, 3.8) is 0 Å². The summed E-state index contributed by atoms with van der Waals surface area (Å²) in [6.45, 7) is 6.80. The minimum Gasteiger partial charge on any atom is -0.550 e. The number of aromatic carboxylic acids is 3. The first-order valence-electron chi connectivity index (χ1n) is 34.6. The maximum absolute atomic E-state index is 10.2. The van der Waals surface area contributed by atoms with Crippen molar-refractivity contribution in [3.8, 4) is 0 Å². The van der Waals surface area contributed by atoms with Crippen molar-refractivity contribution < 1.29 is 59.4 Å². The number of carbonyl (C=O) groups is 6. The van der Waals surface area contributed by atoms with Crippen LogP contribution < -0.4 is 30.6 Å². The molecule has 12 nitrogen and oxygen atoms in total. The quantitative estimate of drug-likeness (QED) is 0.0379. The molecule has 89 heavy (non-hydrogen) atoms. The Kier molecular flexibility index (Phi) is 81.5. The Hall–Kier alpha value is -4.46. The van der Waals surface area contributed by atoms with E-state index in [9.17, 15) is 59.4 Å². The Morgan fingerprint density at radius 2 is 0.337 bits per heavy atom. The molecule has 0 N–H and O–H groups in total. The Labute approximate surface area is 563 Å². The fourth-order valence-electron chi connectivity index (χ4n) is 9.64. The van der Waals surface area contributed by atoms with Gasteiger partial charge in [0.2, 0.25) is 0 Å². The smallest absolute Gasteiger partial charge is 0.550 e. The van der Waals surface area contributed by atoms with E-state index in [-0.39, 0.29) is 70.7 Å². The summed E-state index contributed by atoms with van der Waals surface area (Å²) < 4.78 is 0. The fourth-order valence-corrected chi connectivity index (χ4v) is 9.64. The van der Waals surface area contributed by atoms with Crippen LogP contribution in [0.5, 0.6) is 0 Å². The molecule has 3 aromatic rings. The average Bonchev–Trinajstić information content (AvgIpc) is 3.51. The van der Waals surface area contributed by atoms with Gasteiger partial charge in [0.1, 0.15) is 0 Å². The van der Waals surface area contributed by atoms with E-state index >= 15 is 0 Å². The van der Waals surface area contributed by atoms with Gasteiger partial charge in [-0.25, -0.2) is 0 Å². The van der Waals surface area contributed by atoms with Crippen LogP contribution in [-0.2, 0) is 14.4 Å². The van der Waals surface area contributed by atoms with E-state index in [0.29, 0.717) is 0 Å². The molecule has 0 amide bonds. The zero-order chi connectivity index (χ0) is 64.7. The molecule has 3 aromatic carbocycles. The SMILES string of the molecule is CCCCCCCCCCCCCCCCCC(=O)[O-].CCCCCCCCCCCCCCCCCC(=O)[O-].CCCCCCCCCCCCCCCCCC(=O)[O-].O=C([O-])c1ccccc1.O=C([O-])c1ccccc1.O=C([O-])c1ccccc1.[Al+3].[Al+3]. The first-order valence-corrected chi connectivity index (χ1v) is 34.6. The average molecular weight is 1270 g/mol. The van der Waals surface area contributed by atoms with Crippen molar-refractivity contribution in [2.24, 2.45) is 0 Å². The number of hydrogen-bond acceptors (Lipinski definition) is 12. The van der Waals surface area contributed by atoms with Crippen LogP contribution in [0.3, 0.4) is 0 Å². The monoisotopic (exact) mass is 1270 g/mol. The Morgan fingerprint density at radius 1 is 0.213 bits per heavy atom. The minimum atomic E-state index is -1.13. The van der Waals surface area contributed by atoms with Crippen LogP contribution in [0.1, 0.15) is 360 Å². The maximum Gasteiger partial charge on any atom is 3.00 e. The molecular weight excluding hydrogens is 1150 g/mol. The summed E-state index contributed by atoms with van der Waals surface area (Å²) >= 11 is 0. The second-order valence-electron chi connectivity index (χ2n) is 23.2. The van der Waals surface area contributed by atoms with Gasteiger partial charge in [0, 0.05) is 17.9 Å². The molecule has 14 heteroatoms. The van der Waals surface area contributed by atoms with Gasteiger partial charge in [-0.1, -0.05) is 381 Å². The summed E-state index contributed by atoms with van der Waals surface area (Å²) in [4.78, 5) is 60.9. The second kappa shape index (κ2) is 77.8. The number of aliphatic carboxylic acids is 3. The number of carboxylic acids is 6. The van der Waals surface area contributed by atoms with Gasteiger partial charge in [-0.15, -0.1) is 0 Å². The Bertz CT molecular complexity index is 1730. The van der Waals surface area contributed by atoms with Crippen molar-refractivity contribution in [3.05, 3.63) is 108 Å². The third-order valence-corrected chi connectivity index (χ3v) is 15.0. The van der Waals surface area contributed by atoms with Gasteiger partial charge in [0.05, 0.1) is 17.9 Å². The van der Waals surface area contributed by atoms with Gasteiger partial charge in [-0.3, -0.25) is 0 Å². The molecule has 0 aliphatic carbocycles. The first kappa shape index (κ1) is 93.3. The largest absolute Gasteiger partial charge is 3.00 e. The van der Waals surface area contributed by atoms with Gasteiger partial charge in [0.25, 0.3) is 0 Å². The van der Waals surface area contributed by atoms with Crippen molar-refractivity contribution in [2.45, 2.75) is 329 Å². The zero-order valence-corrected chi connectivity index (χ0v) is 58.5. The predicted octanol–water partition coefficient (Wildman–Crippen LogP) is 14.4. The molecule has 0 bridgehead atoms. The van der Waals surface area contributed by atoms with E-state index in [1.165, 1.54) is 287 Å². The number of hydrogen-bond donors (Lipinski definition) is 0. The molecule has 0 unspecified atom stereocenters. The number of carboxylic acid groups (broad SMARTS) is 6. The van der Waals surface area contributed by atoms with E-state index in [1.54, 1.807) is 54.6 Å². The summed E-state index contributed by atoms with van der Waals surface area (Å²) in [6, 6.07) is 24.2. The number of unbranched alkanes of at least 4 members (excludes halogenated alkanes) is 42. The molecule has 0 saturated carbocycles. The van der Waals surface area contributed by atoms with Gasteiger partial charge in [0.15, 0.2) is 0 Å². The Morgan fingerprint density at radius 3 is 0.438 bits per heavy atom. The van der Waals surface area contributed by atoms with Crippen molar-refractivity contribution in [1.82, 2.24) is 0 Å². The molecule has 3 rings (SSSR count). The molecule has 0 heterocycles. The molecule has 498 valence electrons. The minimum absolute atomic E-state index is 0. The molecular formula is C75H120Al2O12. The fraction of sp³-hybridized carbons (Fsp3) is 0.680. The van der Waals surface area contributed by atoms with Crippen LogP contribution >= 0.6 is 0 Å².